The molecule has 1 saturated carbocycles. The molecule has 2 rings (SSSR count). The largest absolute Gasteiger partial charge is 0.240 e. The summed E-state index contributed by atoms with van der Waals surface area (Å²) in [6.07, 6.45) is 4.04. The molecule has 1 aliphatic carbocycles. The van der Waals surface area contributed by atoms with Gasteiger partial charge in [-0.1, -0.05) is 24.4 Å². The van der Waals surface area contributed by atoms with E-state index in [2.05, 4.69) is 20.7 Å². The molecular weight excluding hydrogens is 326 g/mol. The maximum Gasteiger partial charge on any atom is 0.240 e. The van der Waals surface area contributed by atoms with Crippen molar-refractivity contribution in [3.8, 4) is 0 Å². The van der Waals surface area contributed by atoms with Gasteiger partial charge in [0.1, 0.15) is 0 Å². The summed E-state index contributed by atoms with van der Waals surface area (Å²) in [4.78, 5) is 0.251. The van der Waals surface area contributed by atoms with Crippen molar-refractivity contribution >= 4 is 37.6 Å². The van der Waals surface area contributed by atoms with Crippen molar-refractivity contribution in [1.29, 1.82) is 0 Å². The average Bonchev–Trinajstić information content (AvgIpc) is 2.73. The summed E-state index contributed by atoms with van der Waals surface area (Å²) < 4.78 is 27.5. The molecule has 6 heteroatoms. The minimum atomic E-state index is -3.42. The first kappa shape index (κ1) is 13.3. The predicted octanol–water partition coefficient (Wildman–Crippen LogP) is 3.32. The van der Waals surface area contributed by atoms with Crippen LogP contribution in [0.2, 0.25) is 5.02 Å². The molecule has 0 amide bonds. The molecule has 17 heavy (non-hydrogen) atoms. The zero-order chi connectivity index (χ0) is 12.5. The molecule has 0 bridgehead atoms. The SMILES string of the molecule is O=S(=O)(NC1CCCC1)c1ccc(Cl)c(Br)c1. The van der Waals surface area contributed by atoms with Crippen LogP contribution < -0.4 is 4.72 Å². The van der Waals surface area contributed by atoms with E-state index < -0.39 is 10.0 Å². The minimum Gasteiger partial charge on any atom is -0.208 e. The first-order chi connectivity index (χ1) is 7.99. The first-order valence-electron chi connectivity index (χ1n) is 5.46. The number of sulfonamides is 1. The average molecular weight is 339 g/mol. The molecule has 3 nitrogen and oxygen atoms in total. The highest BCUT2D eigenvalue weighted by molar-refractivity contribution is 9.10. The molecule has 94 valence electrons. The minimum absolute atomic E-state index is 0.0782. The Hall–Kier alpha value is -0.100. The van der Waals surface area contributed by atoms with Crippen LogP contribution in [0.4, 0.5) is 0 Å². The lowest BCUT2D eigenvalue weighted by atomic mass is 10.3. The van der Waals surface area contributed by atoms with Crippen molar-refractivity contribution in [1.82, 2.24) is 4.72 Å². The lowest BCUT2D eigenvalue weighted by Gasteiger charge is -2.12. The Labute approximate surface area is 115 Å². The Balaban J connectivity index is 2.21. The van der Waals surface area contributed by atoms with Gasteiger partial charge in [0.05, 0.1) is 9.92 Å². The standard InChI is InChI=1S/C11H13BrClNO2S/c12-10-7-9(5-6-11(10)13)17(15,16)14-8-3-1-2-4-8/h5-8,14H,1-4H2. The van der Waals surface area contributed by atoms with Gasteiger partial charge in [0.25, 0.3) is 0 Å². The maximum atomic E-state index is 12.1. The molecule has 0 heterocycles. The number of nitrogens with one attached hydrogen (secondary N) is 1. The van der Waals surface area contributed by atoms with Crippen molar-refractivity contribution in [2.75, 3.05) is 0 Å². The third kappa shape index (κ3) is 3.22. The first-order valence-corrected chi connectivity index (χ1v) is 8.12. The van der Waals surface area contributed by atoms with Crippen LogP contribution >= 0.6 is 27.5 Å². The zero-order valence-electron chi connectivity index (χ0n) is 9.12. The summed E-state index contributed by atoms with van der Waals surface area (Å²) in [5.41, 5.74) is 0. The molecule has 1 N–H and O–H groups in total. The fourth-order valence-electron chi connectivity index (χ4n) is 1.98. The Morgan fingerprint density at radius 2 is 1.94 bits per heavy atom. The highest BCUT2D eigenvalue weighted by atomic mass is 79.9. The second-order valence-electron chi connectivity index (χ2n) is 4.18. The molecule has 1 aliphatic rings. The lowest BCUT2D eigenvalue weighted by molar-refractivity contribution is 0.552. The number of hydrogen-bond acceptors (Lipinski definition) is 2. The van der Waals surface area contributed by atoms with E-state index in [4.69, 9.17) is 11.6 Å². The van der Waals surface area contributed by atoms with Gasteiger partial charge in [-0.25, -0.2) is 13.1 Å². The number of halogens is 2. The van der Waals surface area contributed by atoms with Crippen molar-refractivity contribution in [2.24, 2.45) is 0 Å². The number of hydrogen-bond donors (Lipinski definition) is 1. The van der Waals surface area contributed by atoms with Gasteiger partial charge in [-0.2, -0.15) is 0 Å². The summed E-state index contributed by atoms with van der Waals surface area (Å²) in [6, 6.07) is 4.70. The van der Waals surface area contributed by atoms with E-state index in [-0.39, 0.29) is 10.9 Å². The highest BCUT2D eigenvalue weighted by Crippen LogP contribution is 2.26. The third-order valence-electron chi connectivity index (χ3n) is 2.88. The summed E-state index contributed by atoms with van der Waals surface area (Å²) in [5, 5.41) is 0.504. The van der Waals surface area contributed by atoms with Crippen molar-refractivity contribution in [3.05, 3.63) is 27.7 Å². The van der Waals surface area contributed by atoms with Crippen molar-refractivity contribution in [3.63, 3.8) is 0 Å². The van der Waals surface area contributed by atoms with E-state index in [1.54, 1.807) is 6.07 Å². The molecule has 1 aromatic rings. The third-order valence-corrected chi connectivity index (χ3v) is 5.61. The van der Waals surface area contributed by atoms with E-state index in [1.165, 1.54) is 12.1 Å². The molecule has 1 aromatic carbocycles. The van der Waals surface area contributed by atoms with Gasteiger partial charge in [0.2, 0.25) is 10.0 Å². The Bertz CT molecular complexity index is 512. The second kappa shape index (κ2) is 5.26. The fraction of sp³-hybridized carbons (Fsp3) is 0.455. The molecular formula is C11H13BrClNO2S. The van der Waals surface area contributed by atoms with Crippen LogP contribution in [0.1, 0.15) is 25.7 Å². The quantitative estimate of drug-likeness (QED) is 0.919. The fourth-order valence-corrected chi connectivity index (χ4v) is 3.95. The Morgan fingerprint density at radius 3 is 2.53 bits per heavy atom. The molecule has 0 aliphatic heterocycles. The Morgan fingerprint density at radius 1 is 1.29 bits per heavy atom. The van der Waals surface area contributed by atoms with Gasteiger partial charge in [-0.15, -0.1) is 0 Å². The molecule has 0 aromatic heterocycles. The molecule has 0 radical (unpaired) electrons. The van der Waals surface area contributed by atoms with Gasteiger partial charge in [0, 0.05) is 10.5 Å². The van der Waals surface area contributed by atoms with Crippen molar-refractivity contribution < 1.29 is 8.42 Å². The molecule has 0 unspecified atom stereocenters. The van der Waals surface area contributed by atoms with Gasteiger partial charge in [-0.3, -0.25) is 0 Å². The highest BCUT2D eigenvalue weighted by Gasteiger charge is 2.23. The van der Waals surface area contributed by atoms with Crippen molar-refractivity contribution in [2.45, 2.75) is 36.6 Å². The smallest absolute Gasteiger partial charge is 0.208 e. The van der Waals surface area contributed by atoms with Crippen LogP contribution in [0.15, 0.2) is 27.6 Å². The van der Waals surface area contributed by atoms with E-state index in [0.29, 0.717) is 9.50 Å². The zero-order valence-corrected chi connectivity index (χ0v) is 12.3. The monoisotopic (exact) mass is 337 g/mol. The van der Waals surface area contributed by atoms with E-state index in [0.717, 1.165) is 25.7 Å². The molecule has 0 saturated heterocycles. The lowest BCUT2D eigenvalue weighted by Crippen LogP contribution is -2.32. The second-order valence-corrected chi connectivity index (χ2v) is 7.15. The topological polar surface area (TPSA) is 46.2 Å². The summed E-state index contributed by atoms with van der Waals surface area (Å²) in [5.74, 6) is 0. The molecule has 0 atom stereocenters. The summed E-state index contributed by atoms with van der Waals surface area (Å²) in [7, 11) is -3.42. The van der Waals surface area contributed by atoms with Crippen LogP contribution in [-0.4, -0.2) is 14.5 Å². The molecule has 1 fully saturated rings. The van der Waals surface area contributed by atoms with Crippen LogP contribution in [0, 0.1) is 0 Å². The van der Waals surface area contributed by atoms with Gasteiger partial charge in [-0.05, 0) is 47.0 Å². The normalized spacial score (nSPS) is 17.5. The van der Waals surface area contributed by atoms with Crippen LogP contribution in [0.3, 0.4) is 0 Å². The van der Waals surface area contributed by atoms with Gasteiger partial charge >= 0.3 is 0 Å². The Kier molecular flexibility index (Phi) is 4.13. The van der Waals surface area contributed by atoms with Crippen LogP contribution in [-0.2, 0) is 10.0 Å². The molecule has 0 spiro atoms. The van der Waals surface area contributed by atoms with Gasteiger partial charge < -0.3 is 0 Å². The van der Waals surface area contributed by atoms with E-state index >= 15 is 0 Å². The summed E-state index contributed by atoms with van der Waals surface area (Å²) >= 11 is 9.07. The van der Waals surface area contributed by atoms with E-state index in [1.807, 2.05) is 0 Å². The maximum absolute atomic E-state index is 12.1. The number of rotatable bonds is 3. The van der Waals surface area contributed by atoms with E-state index in [9.17, 15) is 8.42 Å². The van der Waals surface area contributed by atoms with Gasteiger partial charge in [0.15, 0.2) is 0 Å². The number of benzene rings is 1. The predicted molar refractivity (Wildman–Crippen MR) is 71.7 cm³/mol. The van der Waals surface area contributed by atoms with Crippen LogP contribution in [0.25, 0.3) is 0 Å². The van der Waals surface area contributed by atoms with Crippen LogP contribution in [0.5, 0.6) is 0 Å². The summed E-state index contributed by atoms with van der Waals surface area (Å²) in [6.45, 7) is 0.